The maximum atomic E-state index is 12.2. The number of hydrogen-bond donors (Lipinski definition) is 2. The summed E-state index contributed by atoms with van der Waals surface area (Å²) in [4.78, 5) is 25.7. The van der Waals surface area contributed by atoms with Crippen molar-refractivity contribution in [2.45, 2.75) is 45.7 Å². The van der Waals surface area contributed by atoms with Gasteiger partial charge in [-0.1, -0.05) is 43.7 Å². The molecular formula is C18H29N3O2. The molecule has 0 unspecified atom stereocenters. The molecule has 5 heteroatoms. The lowest BCUT2D eigenvalue weighted by molar-refractivity contribution is -0.125. The molecule has 1 aromatic rings. The van der Waals surface area contributed by atoms with E-state index in [2.05, 4.69) is 17.6 Å². The van der Waals surface area contributed by atoms with Crippen LogP contribution in [0.5, 0.6) is 0 Å². The van der Waals surface area contributed by atoms with E-state index in [-0.39, 0.29) is 37.0 Å². The standard InChI is InChI=1S/C18H29N3O2/c1-5-9-16(15-10-7-6-8-11-15)20-18(23)13-21(4)12-17(22)19-14(2)3/h6-8,10-11,14,16H,5,9,12-13H2,1-4H3,(H,19,22)(H,20,23)/t16-/m0/s1. The number of nitrogens with one attached hydrogen (secondary N) is 2. The summed E-state index contributed by atoms with van der Waals surface area (Å²) in [6.07, 6.45) is 1.89. The molecule has 0 aliphatic heterocycles. The van der Waals surface area contributed by atoms with E-state index < -0.39 is 0 Å². The number of carbonyl (C=O) groups is 2. The van der Waals surface area contributed by atoms with Crippen LogP contribution >= 0.6 is 0 Å². The second-order valence-corrected chi connectivity index (χ2v) is 6.21. The smallest absolute Gasteiger partial charge is 0.234 e. The average molecular weight is 319 g/mol. The fraction of sp³-hybridized carbons (Fsp3) is 0.556. The first-order chi connectivity index (χ1) is 10.9. The van der Waals surface area contributed by atoms with Crippen LogP contribution in [-0.4, -0.2) is 42.9 Å². The first-order valence-corrected chi connectivity index (χ1v) is 8.24. The number of amides is 2. The van der Waals surface area contributed by atoms with Gasteiger partial charge in [-0.3, -0.25) is 14.5 Å². The van der Waals surface area contributed by atoms with E-state index >= 15 is 0 Å². The van der Waals surface area contributed by atoms with Crippen LogP contribution in [0.15, 0.2) is 30.3 Å². The van der Waals surface area contributed by atoms with E-state index in [9.17, 15) is 9.59 Å². The van der Waals surface area contributed by atoms with Crippen molar-refractivity contribution < 1.29 is 9.59 Å². The van der Waals surface area contributed by atoms with E-state index in [4.69, 9.17) is 0 Å². The van der Waals surface area contributed by atoms with Gasteiger partial charge < -0.3 is 10.6 Å². The average Bonchev–Trinajstić information content (AvgIpc) is 2.46. The van der Waals surface area contributed by atoms with Gasteiger partial charge in [-0.2, -0.15) is 0 Å². The van der Waals surface area contributed by atoms with Gasteiger partial charge in [-0.25, -0.2) is 0 Å². The second-order valence-electron chi connectivity index (χ2n) is 6.21. The predicted molar refractivity (Wildman–Crippen MR) is 93.0 cm³/mol. The molecule has 23 heavy (non-hydrogen) atoms. The van der Waals surface area contributed by atoms with Crippen molar-refractivity contribution in [1.82, 2.24) is 15.5 Å². The minimum absolute atomic E-state index is 0.0200. The molecule has 128 valence electrons. The lowest BCUT2D eigenvalue weighted by Crippen LogP contribution is -2.43. The Kier molecular flexibility index (Phi) is 8.33. The Morgan fingerprint density at radius 3 is 2.13 bits per heavy atom. The summed E-state index contributed by atoms with van der Waals surface area (Å²) in [7, 11) is 1.77. The molecule has 0 fully saturated rings. The van der Waals surface area contributed by atoms with Crippen molar-refractivity contribution >= 4 is 11.8 Å². The third-order valence-electron chi connectivity index (χ3n) is 3.39. The summed E-state index contributed by atoms with van der Waals surface area (Å²) in [5, 5.41) is 5.89. The summed E-state index contributed by atoms with van der Waals surface area (Å²) in [5.41, 5.74) is 1.11. The molecule has 2 amide bonds. The highest BCUT2D eigenvalue weighted by molar-refractivity contribution is 5.81. The van der Waals surface area contributed by atoms with Crippen molar-refractivity contribution in [2.75, 3.05) is 20.1 Å². The van der Waals surface area contributed by atoms with Crippen molar-refractivity contribution in [2.24, 2.45) is 0 Å². The first kappa shape index (κ1) is 19.2. The van der Waals surface area contributed by atoms with Gasteiger partial charge in [0.05, 0.1) is 19.1 Å². The normalized spacial score (nSPS) is 12.3. The second kappa shape index (κ2) is 10.0. The Bertz CT molecular complexity index is 488. The van der Waals surface area contributed by atoms with Gasteiger partial charge in [-0.05, 0) is 32.9 Å². The Balaban J connectivity index is 2.51. The summed E-state index contributed by atoms with van der Waals surface area (Å²) in [5.74, 6) is -0.129. The van der Waals surface area contributed by atoms with Crippen LogP contribution in [0.25, 0.3) is 0 Å². The Morgan fingerprint density at radius 2 is 1.61 bits per heavy atom. The van der Waals surface area contributed by atoms with Crippen molar-refractivity contribution in [3.05, 3.63) is 35.9 Å². The van der Waals surface area contributed by atoms with Crippen molar-refractivity contribution in [1.29, 1.82) is 0 Å². The third-order valence-corrected chi connectivity index (χ3v) is 3.39. The zero-order valence-corrected chi connectivity index (χ0v) is 14.6. The third kappa shape index (κ3) is 7.79. The largest absolute Gasteiger partial charge is 0.353 e. The van der Waals surface area contributed by atoms with E-state index in [0.29, 0.717) is 0 Å². The Hall–Kier alpha value is -1.88. The summed E-state index contributed by atoms with van der Waals surface area (Å²) in [6, 6.07) is 10.1. The highest BCUT2D eigenvalue weighted by atomic mass is 16.2. The zero-order chi connectivity index (χ0) is 17.2. The fourth-order valence-corrected chi connectivity index (χ4v) is 2.45. The van der Waals surface area contributed by atoms with Gasteiger partial charge in [0.15, 0.2) is 0 Å². The summed E-state index contributed by atoms with van der Waals surface area (Å²) in [6.45, 7) is 6.36. The van der Waals surface area contributed by atoms with E-state index in [1.165, 1.54) is 0 Å². The maximum absolute atomic E-state index is 12.2. The van der Waals surface area contributed by atoms with E-state index in [1.807, 2.05) is 44.2 Å². The van der Waals surface area contributed by atoms with Gasteiger partial charge >= 0.3 is 0 Å². The molecule has 2 N–H and O–H groups in total. The van der Waals surface area contributed by atoms with Gasteiger partial charge in [0.25, 0.3) is 0 Å². The molecule has 0 aliphatic carbocycles. The van der Waals surface area contributed by atoms with E-state index in [1.54, 1.807) is 11.9 Å². The molecule has 0 saturated heterocycles. The predicted octanol–water partition coefficient (Wildman–Crippen LogP) is 2.10. The highest BCUT2D eigenvalue weighted by Crippen LogP contribution is 2.17. The molecule has 0 aromatic heterocycles. The summed E-state index contributed by atoms with van der Waals surface area (Å²) >= 11 is 0. The van der Waals surface area contributed by atoms with Gasteiger partial charge in [-0.15, -0.1) is 0 Å². The van der Waals surface area contributed by atoms with Crippen LogP contribution in [0, 0.1) is 0 Å². The lowest BCUT2D eigenvalue weighted by atomic mass is 10.0. The Labute approximate surface area is 139 Å². The number of hydrogen-bond acceptors (Lipinski definition) is 3. The fourth-order valence-electron chi connectivity index (χ4n) is 2.45. The SMILES string of the molecule is CCC[C@H](NC(=O)CN(C)CC(=O)NC(C)C)c1ccccc1. The number of benzene rings is 1. The minimum Gasteiger partial charge on any atom is -0.353 e. The van der Waals surface area contributed by atoms with E-state index in [0.717, 1.165) is 18.4 Å². The minimum atomic E-state index is -0.0662. The molecule has 0 radical (unpaired) electrons. The molecule has 1 rings (SSSR count). The lowest BCUT2D eigenvalue weighted by Gasteiger charge is -2.21. The van der Waals surface area contributed by atoms with Crippen LogP contribution in [0.3, 0.4) is 0 Å². The van der Waals surface area contributed by atoms with Crippen LogP contribution < -0.4 is 10.6 Å². The number of rotatable bonds is 9. The molecule has 0 saturated carbocycles. The molecule has 5 nitrogen and oxygen atoms in total. The molecule has 0 aliphatic rings. The monoisotopic (exact) mass is 319 g/mol. The van der Waals surface area contributed by atoms with Gasteiger partial charge in [0.1, 0.15) is 0 Å². The topological polar surface area (TPSA) is 61.4 Å². The number of likely N-dealkylation sites (N-methyl/N-ethyl adjacent to an activating group) is 1. The first-order valence-electron chi connectivity index (χ1n) is 8.24. The van der Waals surface area contributed by atoms with Crippen LogP contribution in [0.1, 0.15) is 45.2 Å². The van der Waals surface area contributed by atoms with Crippen LogP contribution in [-0.2, 0) is 9.59 Å². The quantitative estimate of drug-likeness (QED) is 0.733. The molecule has 1 atom stereocenters. The highest BCUT2D eigenvalue weighted by Gasteiger charge is 2.16. The number of carbonyl (C=O) groups excluding carboxylic acids is 2. The van der Waals surface area contributed by atoms with Crippen LogP contribution in [0.2, 0.25) is 0 Å². The van der Waals surface area contributed by atoms with Gasteiger partial charge in [0, 0.05) is 6.04 Å². The van der Waals surface area contributed by atoms with Crippen molar-refractivity contribution in [3.63, 3.8) is 0 Å². The number of nitrogens with zero attached hydrogens (tertiary/aromatic N) is 1. The molecule has 0 heterocycles. The van der Waals surface area contributed by atoms with Gasteiger partial charge in [0.2, 0.25) is 11.8 Å². The molecular weight excluding hydrogens is 290 g/mol. The van der Waals surface area contributed by atoms with Crippen LogP contribution in [0.4, 0.5) is 0 Å². The zero-order valence-electron chi connectivity index (χ0n) is 14.6. The molecule has 0 spiro atoms. The maximum Gasteiger partial charge on any atom is 0.234 e. The molecule has 1 aromatic carbocycles. The molecule has 0 bridgehead atoms. The summed E-state index contributed by atoms with van der Waals surface area (Å²) < 4.78 is 0. The Morgan fingerprint density at radius 1 is 1.04 bits per heavy atom. The van der Waals surface area contributed by atoms with Crippen molar-refractivity contribution in [3.8, 4) is 0 Å².